The van der Waals surface area contributed by atoms with Gasteiger partial charge in [0.2, 0.25) is 0 Å². The van der Waals surface area contributed by atoms with E-state index in [1.807, 2.05) is 50.4 Å². The molecule has 0 aliphatic heterocycles. The lowest BCUT2D eigenvalue weighted by molar-refractivity contribution is 0.0952. The molecule has 3 rings (SSSR count). The first-order valence-electron chi connectivity index (χ1n) is 9.04. The fourth-order valence-electron chi connectivity index (χ4n) is 2.74. The van der Waals surface area contributed by atoms with Crippen LogP contribution in [0.5, 0.6) is 0 Å². The third kappa shape index (κ3) is 4.79. The van der Waals surface area contributed by atoms with Crippen LogP contribution in [0.3, 0.4) is 0 Å². The molecular formula is C22H23N3O3. The molecule has 0 unspecified atom stereocenters. The molecule has 0 atom stereocenters. The summed E-state index contributed by atoms with van der Waals surface area (Å²) in [4.78, 5) is 26.7. The van der Waals surface area contributed by atoms with E-state index < -0.39 is 0 Å². The van der Waals surface area contributed by atoms with Gasteiger partial charge in [-0.2, -0.15) is 0 Å². The van der Waals surface area contributed by atoms with Crippen molar-refractivity contribution in [3.63, 3.8) is 0 Å². The number of nitrogens with zero attached hydrogens (tertiary/aromatic N) is 1. The molecule has 0 fully saturated rings. The predicted molar refractivity (Wildman–Crippen MR) is 110 cm³/mol. The maximum atomic E-state index is 12.5. The molecule has 0 saturated heterocycles. The van der Waals surface area contributed by atoms with Gasteiger partial charge in [-0.05, 0) is 48.9 Å². The van der Waals surface area contributed by atoms with E-state index in [0.717, 1.165) is 11.3 Å². The van der Waals surface area contributed by atoms with Crippen molar-refractivity contribution in [1.82, 2.24) is 5.32 Å². The minimum atomic E-state index is -0.352. The second-order valence-electron chi connectivity index (χ2n) is 6.47. The Morgan fingerprint density at radius 1 is 1.00 bits per heavy atom. The van der Waals surface area contributed by atoms with Gasteiger partial charge in [0, 0.05) is 37.1 Å². The van der Waals surface area contributed by atoms with Gasteiger partial charge in [0.05, 0.1) is 6.26 Å². The molecule has 2 aromatic carbocycles. The molecule has 1 aromatic heterocycles. The maximum absolute atomic E-state index is 12.5. The lowest BCUT2D eigenvalue weighted by Gasteiger charge is -2.19. The first kappa shape index (κ1) is 19.2. The van der Waals surface area contributed by atoms with E-state index in [2.05, 4.69) is 15.5 Å². The number of hydrogen-bond donors (Lipinski definition) is 2. The molecule has 28 heavy (non-hydrogen) atoms. The van der Waals surface area contributed by atoms with Crippen molar-refractivity contribution in [3.05, 3.63) is 83.8 Å². The molecule has 0 aliphatic rings. The molecule has 0 spiro atoms. The molecule has 6 heteroatoms. The number of furan rings is 1. The van der Waals surface area contributed by atoms with Gasteiger partial charge in [0.15, 0.2) is 5.76 Å². The molecule has 2 amide bonds. The summed E-state index contributed by atoms with van der Waals surface area (Å²) in [6, 6.07) is 18.4. The molecule has 0 radical (unpaired) electrons. The third-order valence-corrected chi connectivity index (χ3v) is 4.42. The quantitative estimate of drug-likeness (QED) is 0.658. The van der Waals surface area contributed by atoms with Crippen LogP contribution in [0.15, 0.2) is 71.3 Å². The molecule has 3 aromatic rings. The van der Waals surface area contributed by atoms with Crippen LogP contribution in [0.2, 0.25) is 0 Å². The number of benzene rings is 2. The van der Waals surface area contributed by atoms with E-state index >= 15 is 0 Å². The summed E-state index contributed by atoms with van der Waals surface area (Å²) >= 11 is 0. The van der Waals surface area contributed by atoms with Crippen LogP contribution < -0.4 is 15.5 Å². The van der Waals surface area contributed by atoms with Crippen LogP contribution in [0, 0.1) is 6.92 Å². The number of amides is 2. The number of para-hydroxylation sites is 1. The SMILES string of the molecule is Cc1ccc(C(=O)NCCN(C)c2ccccc2)cc1NC(=O)c1ccco1. The number of hydrogen-bond acceptors (Lipinski definition) is 4. The molecule has 6 nitrogen and oxygen atoms in total. The molecule has 0 saturated carbocycles. The Labute approximate surface area is 164 Å². The van der Waals surface area contributed by atoms with Gasteiger partial charge >= 0.3 is 0 Å². The van der Waals surface area contributed by atoms with Crippen molar-refractivity contribution in [2.24, 2.45) is 0 Å². The Morgan fingerprint density at radius 3 is 2.50 bits per heavy atom. The largest absolute Gasteiger partial charge is 0.459 e. The summed E-state index contributed by atoms with van der Waals surface area (Å²) in [6.07, 6.45) is 1.44. The van der Waals surface area contributed by atoms with Crippen LogP contribution in [0.25, 0.3) is 0 Å². The van der Waals surface area contributed by atoms with Gasteiger partial charge in [-0.1, -0.05) is 24.3 Å². The van der Waals surface area contributed by atoms with Crippen molar-refractivity contribution < 1.29 is 14.0 Å². The summed E-state index contributed by atoms with van der Waals surface area (Å²) in [5.41, 5.74) is 3.02. The zero-order chi connectivity index (χ0) is 19.9. The Bertz CT molecular complexity index is 937. The van der Waals surface area contributed by atoms with Crippen molar-refractivity contribution in [2.45, 2.75) is 6.92 Å². The van der Waals surface area contributed by atoms with Gasteiger partial charge in [-0.15, -0.1) is 0 Å². The number of rotatable bonds is 7. The van der Waals surface area contributed by atoms with E-state index in [9.17, 15) is 9.59 Å². The summed E-state index contributed by atoms with van der Waals surface area (Å²) in [6.45, 7) is 3.06. The summed E-state index contributed by atoms with van der Waals surface area (Å²) in [5, 5.41) is 5.70. The maximum Gasteiger partial charge on any atom is 0.291 e. The second kappa shape index (κ2) is 8.90. The van der Waals surface area contributed by atoms with E-state index in [0.29, 0.717) is 24.3 Å². The number of carbonyl (C=O) groups excluding carboxylic acids is 2. The minimum Gasteiger partial charge on any atom is -0.459 e. The average Bonchev–Trinajstić information content (AvgIpc) is 3.25. The van der Waals surface area contributed by atoms with Gasteiger partial charge in [0.1, 0.15) is 0 Å². The standard InChI is InChI=1S/C22H23N3O3/c1-16-10-11-17(15-19(16)24-22(27)20-9-6-14-28-20)21(26)23-12-13-25(2)18-7-4-3-5-8-18/h3-11,14-15H,12-13H2,1-2H3,(H,23,26)(H,24,27). The third-order valence-electron chi connectivity index (χ3n) is 4.42. The molecule has 0 bridgehead atoms. The number of carbonyl (C=O) groups is 2. The van der Waals surface area contributed by atoms with Gasteiger partial charge in [-0.3, -0.25) is 9.59 Å². The first-order valence-corrected chi connectivity index (χ1v) is 9.04. The number of anilines is 2. The molecule has 1 heterocycles. The van der Waals surface area contributed by atoms with Crippen LogP contribution in [0.1, 0.15) is 26.5 Å². The Morgan fingerprint density at radius 2 is 1.79 bits per heavy atom. The lowest BCUT2D eigenvalue weighted by atomic mass is 10.1. The van der Waals surface area contributed by atoms with Crippen molar-refractivity contribution in [3.8, 4) is 0 Å². The van der Waals surface area contributed by atoms with E-state index in [1.54, 1.807) is 24.3 Å². The predicted octanol–water partition coefficient (Wildman–Crippen LogP) is 3.71. The van der Waals surface area contributed by atoms with Crippen LogP contribution >= 0.6 is 0 Å². The molecule has 0 aliphatic carbocycles. The Balaban J connectivity index is 1.58. The fourth-order valence-corrected chi connectivity index (χ4v) is 2.74. The second-order valence-corrected chi connectivity index (χ2v) is 6.47. The minimum absolute atomic E-state index is 0.185. The topological polar surface area (TPSA) is 74.6 Å². The summed E-state index contributed by atoms with van der Waals surface area (Å²) < 4.78 is 5.10. The van der Waals surface area contributed by atoms with Crippen molar-refractivity contribution in [1.29, 1.82) is 0 Å². The molecular weight excluding hydrogens is 354 g/mol. The van der Waals surface area contributed by atoms with Crippen molar-refractivity contribution in [2.75, 3.05) is 30.4 Å². The van der Waals surface area contributed by atoms with Crippen LogP contribution in [0.4, 0.5) is 11.4 Å². The van der Waals surface area contributed by atoms with Crippen LogP contribution in [-0.2, 0) is 0 Å². The smallest absolute Gasteiger partial charge is 0.291 e. The van der Waals surface area contributed by atoms with Gasteiger partial charge in [0.25, 0.3) is 11.8 Å². The Hall–Kier alpha value is -3.54. The molecule has 144 valence electrons. The number of aryl methyl sites for hydroxylation is 1. The van der Waals surface area contributed by atoms with E-state index in [1.165, 1.54) is 6.26 Å². The fraction of sp³-hybridized carbons (Fsp3) is 0.182. The first-order chi connectivity index (χ1) is 13.5. The van der Waals surface area contributed by atoms with E-state index in [4.69, 9.17) is 4.42 Å². The van der Waals surface area contributed by atoms with E-state index in [-0.39, 0.29) is 17.6 Å². The average molecular weight is 377 g/mol. The van der Waals surface area contributed by atoms with Gasteiger partial charge in [-0.25, -0.2) is 0 Å². The Kier molecular flexibility index (Phi) is 6.11. The van der Waals surface area contributed by atoms with Crippen LogP contribution in [-0.4, -0.2) is 32.0 Å². The normalized spacial score (nSPS) is 10.4. The lowest BCUT2D eigenvalue weighted by Crippen LogP contribution is -2.33. The van der Waals surface area contributed by atoms with Crippen molar-refractivity contribution >= 4 is 23.2 Å². The number of nitrogens with one attached hydrogen (secondary N) is 2. The highest BCUT2D eigenvalue weighted by Crippen LogP contribution is 2.18. The highest BCUT2D eigenvalue weighted by Gasteiger charge is 2.13. The number of likely N-dealkylation sites (N-methyl/N-ethyl adjacent to an activating group) is 1. The molecule has 2 N–H and O–H groups in total. The van der Waals surface area contributed by atoms with Gasteiger partial charge < -0.3 is 20.0 Å². The summed E-state index contributed by atoms with van der Waals surface area (Å²) in [5.74, 6) is -0.316. The highest BCUT2D eigenvalue weighted by molar-refractivity contribution is 6.03. The highest BCUT2D eigenvalue weighted by atomic mass is 16.3. The zero-order valence-electron chi connectivity index (χ0n) is 15.9. The zero-order valence-corrected chi connectivity index (χ0v) is 15.9. The summed E-state index contributed by atoms with van der Waals surface area (Å²) in [7, 11) is 1.98. The monoisotopic (exact) mass is 377 g/mol.